The number of fused-ring (bicyclic) bond motifs is 1. The Morgan fingerprint density at radius 3 is 2.81 bits per heavy atom. The molecule has 1 aromatic carbocycles. The Morgan fingerprint density at radius 1 is 1.38 bits per heavy atom. The molecule has 3 rings (SSSR count). The fourth-order valence-corrected chi connectivity index (χ4v) is 2.86. The summed E-state index contributed by atoms with van der Waals surface area (Å²) in [5, 5.41) is 0.0227. The summed E-state index contributed by atoms with van der Waals surface area (Å²) in [6.45, 7) is 2.08. The molecule has 2 N–H and O–H groups in total. The van der Waals surface area contributed by atoms with E-state index in [9.17, 15) is 9.18 Å². The number of amides is 1. The molecule has 2 heterocycles. The van der Waals surface area contributed by atoms with Crippen molar-refractivity contribution in [2.24, 2.45) is 0 Å². The van der Waals surface area contributed by atoms with Crippen LogP contribution in [0.4, 0.5) is 10.3 Å². The highest BCUT2D eigenvalue weighted by Gasteiger charge is 2.19. The van der Waals surface area contributed by atoms with Gasteiger partial charge in [0.2, 0.25) is 11.9 Å². The van der Waals surface area contributed by atoms with E-state index in [0.29, 0.717) is 24.0 Å². The first-order chi connectivity index (χ1) is 10.1. The number of nitrogens with two attached hydrogens (primary N) is 1. The van der Waals surface area contributed by atoms with Crippen molar-refractivity contribution in [3.63, 3.8) is 0 Å². The molecule has 1 aliphatic heterocycles. The first kappa shape index (κ1) is 14.1. The quantitative estimate of drug-likeness (QED) is 0.947. The highest BCUT2D eigenvalue weighted by molar-refractivity contribution is 6.31. The summed E-state index contributed by atoms with van der Waals surface area (Å²) in [6, 6.07) is 2.75. The van der Waals surface area contributed by atoms with E-state index >= 15 is 0 Å². The number of imidazole rings is 1. The van der Waals surface area contributed by atoms with Crippen LogP contribution in [0, 0.1) is 5.82 Å². The Labute approximate surface area is 126 Å². The van der Waals surface area contributed by atoms with Gasteiger partial charge in [-0.15, -0.1) is 0 Å². The molecule has 0 radical (unpaired) electrons. The van der Waals surface area contributed by atoms with Gasteiger partial charge in [0.05, 0.1) is 16.1 Å². The maximum Gasteiger partial charge on any atom is 0.224 e. The van der Waals surface area contributed by atoms with Crippen LogP contribution in [0.3, 0.4) is 0 Å². The van der Waals surface area contributed by atoms with E-state index < -0.39 is 5.82 Å². The Balaban J connectivity index is 1.81. The molecule has 112 valence electrons. The number of carbonyl (C=O) groups is 1. The third kappa shape index (κ3) is 2.68. The third-order valence-electron chi connectivity index (χ3n) is 3.83. The molecule has 0 unspecified atom stereocenters. The van der Waals surface area contributed by atoms with Crippen LogP contribution >= 0.6 is 11.6 Å². The van der Waals surface area contributed by atoms with E-state index in [4.69, 9.17) is 17.3 Å². The van der Waals surface area contributed by atoms with Crippen molar-refractivity contribution >= 4 is 34.5 Å². The summed E-state index contributed by atoms with van der Waals surface area (Å²) in [4.78, 5) is 18.0. The second-order valence-electron chi connectivity index (χ2n) is 5.21. The van der Waals surface area contributed by atoms with Gasteiger partial charge in [0.15, 0.2) is 0 Å². The highest BCUT2D eigenvalue weighted by atomic mass is 35.5. The van der Waals surface area contributed by atoms with E-state index in [1.165, 1.54) is 12.1 Å². The molecule has 0 atom stereocenters. The number of rotatable bonds is 3. The van der Waals surface area contributed by atoms with Crippen molar-refractivity contribution in [1.82, 2.24) is 14.5 Å². The van der Waals surface area contributed by atoms with Crippen LogP contribution in [0.15, 0.2) is 12.1 Å². The van der Waals surface area contributed by atoms with Crippen molar-refractivity contribution in [2.75, 3.05) is 18.8 Å². The fraction of sp³-hybridized carbons (Fsp3) is 0.429. The number of anilines is 1. The molecule has 2 aromatic rings. The summed E-state index contributed by atoms with van der Waals surface area (Å²) < 4.78 is 15.1. The summed E-state index contributed by atoms with van der Waals surface area (Å²) in [5.41, 5.74) is 6.95. The monoisotopic (exact) mass is 310 g/mol. The van der Waals surface area contributed by atoms with Gasteiger partial charge in [-0.25, -0.2) is 9.37 Å². The molecule has 0 aliphatic carbocycles. The predicted molar refractivity (Wildman–Crippen MR) is 79.5 cm³/mol. The molecule has 1 fully saturated rings. The predicted octanol–water partition coefficient (Wildman–Crippen LogP) is 2.42. The molecule has 1 aliphatic rings. The number of nitrogen functional groups attached to an aromatic ring is 1. The molecular weight excluding hydrogens is 295 g/mol. The fourth-order valence-electron chi connectivity index (χ4n) is 2.71. The van der Waals surface area contributed by atoms with Crippen LogP contribution in [0.5, 0.6) is 0 Å². The lowest BCUT2D eigenvalue weighted by Crippen LogP contribution is -2.28. The van der Waals surface area contributed by atoms with Crippen molar-refractivity contribution in [1.29, 1.82) is 0 Å². The van der Waals surface area contributed by atoms with Gasteiger partial charge in [-0.3, -0.25) is 4.79 Å². The number of benzene rings is 1. The third-order valence-corrected chi connectivity index (χ3v) is 4.12. The van der Waals surface area contributed by atoms with Gasteiger partial charge >= 0.3 is 0 Å². The first-order valence-corrected chi connectivity index (χ1v) is 7.32. The van der Waals surface area contributed by atoms with Crippen LogP contribution in [-0.2, 0) is 11.3 Å². The van der Waals surface area contributed by atoms with Crippen molar-refractivity contribution in [2.45, 2.75) is 25.8 Å². The van der Waals surface area contributed by atoms with Gasteiger partial charge < -0.3 is 15.2 Å². The minimum Gasteiger partial charge on any atom is -0.369 e. The lowest BCUT2D eigenvalue weighted by atomic mass is 10.3. The van der Waals surface area contributed by atoms with Crippen molar-refractivity contribution in [3.05, 3.63) is 23.0 Å². The second-order valence-corrected chi connectivity index (χ2v) is 5.62. The summed E-state index contributed by atoms with van der Waals surface area (Å²) in [7, 11) is 0. The zero-order chi connectivity index (χ0) is 15.0. The Kier molecular flexibility index (Phi) is 3.71. The Morgan fingerprint density at radius 2 is 2.10 bits per heavy atom. The van der Waals surface area contributed by atoms with Gasteiger partial charge in [-0.05, 0) is 18.9 Å². The normalized spacial score (nSPS) is 15.0. The molecule has 1 aromatic heterocycles. The standard InChI is InChI=1S/C14H16ClFN4O/c15-9-7-12-11(8-10(9)16)18-14(17)20(12)6-3-13(21)19-4-1-2-5-19/h7-8H,1-6H2,(H2,17,18). The first-order valence-electron chi connectivity index (χ1n) is 6.95. The van der Waals surface area contributed by atoms with Crippen molar-refractivity contribution < 1.29 is 9.18 Å². The number of aromatic nitrogens is 2. The topological polar surface area (TPSA) is 64.1 Å². The van der Waals surface area contributed by atoms with E-state index in [1.54, 1.807) is 4.57 Å². The number of nitrogens with zero attached hydrogens (tertiary/aromatic N) is 3. The van der Waals surface area contributed by atoms with Gasteiger partial charge in [0.1, 0.15) is 5.82 Å². The average molecular weight is 311 g/mol. The zero-order valence-electron chi connectivity index (χ0n) is 11.5. The number of aryl methyl sites for hydroxylation is 1. The van der Waals surface area contributed by atoms with E-state index in [-0.39, 0.29) is 16.9 Å². The average Bonchev–Trinajstić information content (AvgIpc) is 3.06. The Hall–Kier alpha value is -1.82. The smallest absolute Gasteiger partial charge is 0.224 e. The lowest BCUT2D eigenvalue weighted by molar-refractivity contribution is -0.130. The van der Waals surface area contributed by atoms with Crippen LogP contribution in [0.2, 0.25) is 5.02 Å². The molecule has 0 bridgehead atoms. The lowest BCUT2D eigenvalue weighted by Gasteiger charge is -2.15. The van der Waals surface area contributed by atoms with Crippen LogP contribution in [-0.4, -0.2) is 33.4 Å². The number of hydrogen-bond acceptors (Lipinski definition) is 3. The molecule has 21 heavy (non-hydrogen) atoms. The van der Waals surface area contributed by atoms with Gasteiger partial charge in [-0.2, -0.15) is 0 Å². The molecule has 1 amide bonds. The molecule has 0 saturated carbocycles. The minimum atomic E-state index is -0.526. The van der Waals surface area contributed by atoms with E-state index in [1.807, 2.05) is 4.90 Å². The van der Waals surface area contributed by atoms with E-state index in [2.05, 4.69) is 4.98 Å². The highest BCUT2D eigenvalue weighted by Crippen LogP contribution is 2.25. The number of halogens is 2. The largest absolute Gasteiger partial charge is 0.369 e. The summed E-state index contributed by atoms with van der Waals surface area (Å²) in [6.07, 6.45) is 2.48. The maximum atomic E-state index is 13.4. The summed E-state index contributed by atoms with van der Waals surface area (Å²) >= 11 is 5.80. The van der Waals surface area contributed by atoms with Crippen LogP contribution < -0.4 is 5.73 Å². The van der Waals surface area contributed by atoms with Gasteiger partial charge in [-0.1, -0.05) is 11.6 Å². The zero-order valence-corrected chi connectivity index (χ0v) is 12.2. The molecule has 5 nitrogen and oxygen atoms in total. The Bertz CT molecular complexity index is 694. The number of hydrogen-bond donors (Lipinski definition) is 1. The van der Waals surface area contributed by atoms with Gasteiger partial charge in [0, 0.05) is 32.1 Å². The molecule has 7 heteroatoms. The number of likely N-dealkylation sites (tertiary alicyclic amines) is 1. The van der Waals surface area contributed by atoms with Crippen LogP contribution in [0.1, 0.15) is 19.3 Å². The number of carbonyl (C=O) groups excluding carboxylic acids is 1. The molecular formula is C14H16ClFN4O. The SMILES string of the molecule is Nc1nc2cc(F)c(Cl)cc2n1CCC(=O)N1CCCC1. The maximum absolute atomic E-state index is 13.4. The molecule has 0 spiro atoms. The van der Waals surface area contributed by atoms with Crippen LogP contribution in [0.25, 0.3) is 11.0 Å². The van der Waals surface area contributed by atoms with E-state index in [0.717, 1.165) is 25.9 Å². The van der Waals surface area contributed by atoms with Gasteiger partial charge in [0.25, 0.3) is 0 Å². The van der Waals surface area contributed by atoms with Crippen molar-refractivity contribution in [3.8, 4) is 0 Å². The second kappa shape index (κ2) is 5.52. The minimum absolute atomic E-state index is 0.0227. The molecule has 1 saturated heterocycles. The summed E-state index contributed by atoms with van der Waals surface area (Å²) in [5.74, 6) is -0.148.